The second-order valence-corrected chi connectivity index (χ2v) is 4.05. The molecular weight excluding hydrogens is 260 g/mol. The van der Waals surface area contributed by atoms with Gasteiger partial charge in [-0.05, 0) is 5.41 Å². The van der Waals surface area contributed by atoms with E-state index in [0.717, 1.165) is 10.6 Å². The first-order valence-corrected chi connectivity index (χ1v) is 4.06. The molecule has 0 aliphatic rings. The first kappa shape index (κ1) is 16.2. The van der Waals surface area contributed by atoms with Gasteiger partial charge in [-0.1, -0.05) is 25.8 Å². The Bertz CT molecular complexity index is 255. The van der Waals surface area contributed by atoms with Crippen LogP contribution in [0.2, 0.25) is 5.02 Å². The van der Waals surface area contributed by atoms with E-state index < -0.39 is 0 Å². The third-order valence-electron chi connectivity index (χ3n) is 1.56. The Morgan fingerprint density at radius 3 is 2.15 bits per heavy atom. The van der Waals surface area contributed by atoms with Crippen molar-refractivity contribution in [3.8, 4) is 0 Å². The molecule has 0 heterocycles. The van der Waals surface area contributed by atoms with E-state index in [4.69, 9.17) is 11.6 Å². The Morgan fingerprint density at radius 2 is 1.85 bits per heavy atom. The predicted octanol–water partition coefficient (Wildman–Crippen LogP) is 0.0609. The van der Waals surface area contributed by atoms with Gasteiger partial charge >= 0.3 is 23.1 Å². The summed E-state index contributed by atoms with van der Waals surface area (Å²) >= 11 is 5.98. The number of rotatable bonds is 0. The van der Waals surface area contributed by atoms with Gasteiger partial charge in [0.25, 0.3) is 0 Å². The van der Waals surface area contributed by atoms with Crippen molar-refractivity contribution in [1.82, 2.24) is 0 Å². The Morgan fingerprint density at radius 1 is 1.31 bits per heavy atom. The summed E-state index contributed by atoms with van der Waals surface area (Å²) < 4.78 is 0. The molecule has 0 bridgehead atoms. The Labute approximate surface area is 112 Å². The molecule has 1 rings (SSSR count). The molecule has 13 heavy (non-hydrogen) atoms. The van der Waals surface area contributed by atoms with Crippen molar-refractivity contribution in [3.63, 3.8) is 0 Å². The van der Waals surface area contributed by atoms with Gasteiger partial charge in [-0.3, -0.25) is 0 Å². The van der Waals surface area contributed by atoms with Gasteiger partial charge in [0, 0.05) is 0 Å². The zero-order valence-electron chi connectivity index (χ0n) is 8.20. The molecule has 0 spiro atoms. The van der Waals surface area contributed by atoms with Crippen LogP contribution >= 0.6 is 11.6 Å². The zero-order valence-corrected chi connectivity index (χ0v) is 12.0. The van der Waals surface area contributed by atoms with Gasteiger partial charge in [-0.2, -0.15) is 35.9 Å². The van der Waals surface area contributed by atoms with E-state index >= 15 is 0 Å². The quantitative estimate of drug-likeness (QED) is 0.463. The predicted molar refractivity (Wildman–Crippen MR) is 54.7 cm³/mol. The first-order chi connectivity index (χ1) is 5.02. The molecule has 0 saturated heterocycles. The van der Waals surface area contributed by atoms with Crippen LogP contribution in [-0.4, -0.2) is 23.1 Å². The zero-order chi connectivity index (χ0) is 8.48. The molecule has 0 aliphatic heterocycles. The third-order valence-corrected chi connectivity index (χ3v) is 1.87. The fraction of sp³-hybridized carbons (Fsp3) is 0.400. The molecule has 3 heteroatoms. The molecule has 68 valence electrons. The van der Waals surface area contributed by atoms with Gasteiger partial charge in [0.05, 0.1) is 0 Å². The van der Waals surface area contributed by atoms with Crippen molar-refractivity contribution in [2.75, 3.05) is 0 Å². The number of hydrogen-bond acceptors (Lipinski definition) is 0. The number of halogens is 2. The minimum Gasteiger partial charge on any atom is -1.00 e. The normalized spacial score (nSPS) is 9.85. The molecular formula is C10H12BrClMg. The van der Waals surface area contributed by atoms with Gasteiger partial charge in [-0.15, -0.1) is 5.56 Å². The molecule has 1 aromatic rings. The molecule has 0 atom stereocenters. The summed E-state index contributed by atoms with van der Waals surface area (Å²) in [6.45, 7) is 6.39. The average molecular weight is 272 g/mol. The molecule has 0 nitrogen and oxygen atoms in total. The third kappa shape index (κ3) is 4.68. The molecule has 1 aromatic carbocycles. The summed E-state index contributed by atoms with van der Waals surface area (Å²) in [6.07, 6.45) is 0. The van der Waals surface area contributed by atoms with E-state index in [2.05, 4.69) is 26.8 Å². The van der Waals surface area contributed by atoms with Gasteiger partial charge in [0.2, 0.25) is 0 Å². The molecule has 0 fully saturated rings. The van der Waals surface area contributed by atoms with Crippen LogP contribution in [0.1, 0.15) is 26.3 Å². The standard InChI is InChI=1S/C10H12Cl.BrH.Mg/c1-10(2,3)8-6-4-5-7-9(8)11;;/h4-5,7H,1-3H3;1H;/q-1;;+2/p-1. The summed E-state index contributed by atoms with van der Waals surface area (Å²) in [5.41, 5.74) is 1.18. The Balaban J connectivity index is 0. The van der Waals surface area contributed by atoms with Gasteiger partial charge in [-0.25, -0.2) is 0 Å². The molecule has 0 saturated carbocycles. The van der Waals surface area contributed by atoms with Crippen molar-refractivity contribution >= 4 is 34.7 Å². The van der Waals surface area contributed by atoms with Gasteiger partial charge < -0.3 is 17.0 Å². The summed E-state index contributed by atoms with van der Waals surface area (Å²) in [5.74, 6) is 0. The van der Waals surface area contributed by atoms with Gasteiger partial charge in [0.15, 0.2) is 0 Å². The number of hydrogen-bond donors (Lipinski definition) is 0. The van der Waals surface area contributed by atoms with Crippen molar-refractivity contribution in [1.29, 1.82) is 0 Å². The minimum atomic E-state index is 0. The van der Waals surface area contributed by atoms with Gasteiger partial charge in [0.1, 0.15) is 0 Å². The van der Waals surface area contributed by atoms with Crippen LogP contribution in [0.4, 0.5) is 0 Å². The van der Waals surface area contributed by atoms with Crippen LogP contribution in [0.25, 0.3) is 0 Å². The Kier molecular flexibility index (Phi) is 7.82. The van der Waals surface area contributed by atoms with Crippen molar-refractivity contribution in [2.45, 2.75) is 26.2 Å². The molecule has 0 radical (unpaired) electrons. The maximum absolute atomic E-state index is 5.98. The summed E-state index contributed by atoms with van der Waals surface area (Å²) in [5, 5.41) is 0.806. The van der Waals surface area contributed by atoms with E-state index in [1.165, 1.54) is 0 Å². The fourth-order valence-electron chi connectivity index (χ4n) is 0.991. The maximum atomic E-state index is 5.98. The molecule has 0 unspecified atom stereocenters. The van der Waals surface area contributed by atoms with E-state index in [1.54, 1.807) is 0 Å². The van der Waals surface area contributed by atoms with Crippen molar-refractivity contribution in [2.24, 2.45) is 0 Å². The maximum Gasteiger partial charge on any atom is 2.00 e. The van der Waals surface area contributed by atoms with Crippen molar-refractivity contribution in [3.05, 3.63) is 34.9 Å². The fourth-order valence-corrected chi connectivity index (χ4v) is 1.40. The second-order valence-electron chi connectivity index (χ2n) is 3.64. The molecule has 0 amide bonds. The van der Waals surface area contributed by atoms with E-state index in [-0.39, 0.29) is 45.4 Å². The van der Waals surface area contributed by atoms with Crippen LogP contribution in [0.5, 0.6) is 0 Å². The molecule has 0 aliphatic carbocycles. The van der Waals surface area contributed by atoms with E-state index in [9.17, 15) is 0 Å². The van der Waals surface area contributed by atoms with Crippen LogP contribution < -0.4 is 17.0 Å². The Hall–Kier alpha value is 0.756. The molecule has 0 N–H and O–H groups in total. The largest absolute Gasteiger partial charge is 2.00 e. The van der Waals surface area contributed by atoms with E-state index in [1.807, 2.05) is 18.2 Å². The summed E-state index contributed by atoms with van der Waals surface area (Å²) in [4.78, 5) is 0. The average Bonchev–Trinajstić information content (AvgIpc) is 1.86. The monoisotopic (exact) mass is 270 g/mol. The summed E-state index contributed by atoms with van der Waals surface area (Å²) in [6, 6.07) is 8.84. The molecule has 0 aromatic heterocycles. The summed E-state index contributed by atoms with van der Waals surface area (Å²) in [7, 11) is 0. The van der Waals surface area contributed by atoms with Crippen molar-refractivity contribution < 1.29 is 17.0 Å². The van der Waals surface area contributed by atoms with Crippen LogP contribution in [0.15, 0.2) is 18.2 Å². The van der Waals surface area contributed by atoms with Crippen LogP contribution in [0.3, 0.4) is 0 Å². The second kappa shape index (κ2) is 6.28. The smallest absolute Gasteiger partial charge is 1.00 e. The SMILES string of the molecule is CC(C)(C)c1[c-]cccc1Cl.[Br-].[Mg+2]. The number of benzene rings is 1. The van der Waals surface area contributed by atoms with E-state index in [0.29, 0.717) is 0 Å². The topological polar surface area (TPSA) is 0 Å². The minimum absolute atomic E-state index is 0. The first-order valence-electron chi connectivity index (χ1n) is 3.68. The van der Waals surface area contributed by atoms with Crippen LogP contribution in [-0.2, 0) is 5.41 Å². The van der Waals surface area contributed by atoms with Crippen LogP contribution in [0, 0.1) is 6.07 Å².